The van der Waals surface area contributed by atoms with E-state index in [9.17, 15) is 9.90 Å². The fraction of sp³-hybridized carbons (Fsp3) is 0.667. The third kappa shape index (κ3) is 13.6. The van der Waals surface area contributed by atoms with E-state index in [0.29, 0.717) is 6.42 Å². The molecular formula is C12H20NNaO3. The van der Waals surface area contributed by atoms with Crippen LogP contribution in [0.1, 0.15) is 46.0 Å². The van der Waals surface area contributed by atoms with E-state index in [1.54, 1.807) is 6.92 Å². The van der Waals surface area contributed by atoms with E-state index < -0.39 is 12.0 Å². The van der Waals surface area contributed by atoms with Crippen molar-refractivity contribution < 1.29 is 44.6 Å². The Kier molecular flexibility index (Phi) is 13.6. The predicted octanol–water partition coefficient (Wildman–Crippen LogP) is -1.25. The zero-order valence-corrected chi connectivity index (χ0v) is 13.0. The summed E-state index contributed by atoms with van der Waals surface area (Å²) < 4.78 is 0. The van der Waals surface area contributed by atoms with Crippen LogP contribution >= 0.6 is 0 Å². The molecule has 0 spiro atoms. The molecular weight excluding hydrogens is 229 g/mol. The molecule has 0 bridgehead atoms. The summed E-state index contributed by atoms with van der Waals surface area (Å²) in [5.41, 5.74) is 0. The van der Waals surface area contributed by atoms with E-state index in [4.69, 9.17) is 5.11 Å². The Bertz CT molecular complexity index is 264. The van der Waals surface area contributed by atoms with Gasteiger partial charge in [0.05, 0.1) is 12.5 Å². The standard InChI is InChI=1S/C12H21NO3.Na/c1-3-4-5-6-7-8-11(14)13-10(2)9-12(15)16;/h3-4,10H,5-9H2,1-2H3,(H,13,14)(H,15,16);/q;+1/p-1/b4-3+;. The Balaban J connectivity index is 0. The summed E-state index contributed by atoms with van der Waals surface area (Å²) in [5, 5.41) is 19.8. The van der Waals surface area contributed by atoms with Gasteiger partial charge in [0.2, 0.25) is 0 Å². The van der Waals surface area contributed by atoms with Crippen LogP contribution in [0.15, 0.2) is 17.1 Å². The molecule has 1 atom stereocenters. The number of nitrogens with zero attached hydrogens (tertiary/aromatic N) is 1. The SMILES string of the molecule is C/C=C/CCCCC([O-])=NC(C)CC(=O)O.[Na+]. The van der Waals surface area contributed by atoms with E-state index in [-0.39, 0.29) is 41.9 Å². The molecule has 17 heavy (non-hydrogen) atoms. The molecule has 5 heteroatoms. The second-order valence-electron chi connectivity index (χ2n) is 3.78. The molecule has 0 aliphatic rings. The van der Waals surface area contributed by atoms with Gasteiger partial charge >= 0.3 is 35.5 Å². The van der Waals surface area contributed by atoms with E-state index in [2.05, 4.69) is 11.1 Å². The van der Waals surface area contributed by atoms with Crippen molar-refractivity contribution in [1.82, 2.24) is 0 Å². The van der Waals surface area contributed by atoms with Gasteiger partial charge < -0.3 is 15.2 Å². The molecule has 0 aliphatic carbocycles. The fourth-order valence-electron chi connectivity index (χ4n) is 1.31. The molecule has 0 saturated carbocycles. The second-order valence-corrected chi connectivity index (χ2v) is 3.78. The summed E-state index contributed by atoms with van der Waals surface area (Å²) in [6.45, 7) is 3.61. The first-order valence-corrected chi connectivity index (χ1v) is 5.63. The summed E-state index contributed by atoms with van der Waals surface area (Å²) in [7, 11) is 0. The Hall–Kier alpha value is -0.320. The van der Waals surface area contributed by atoms with E-state index in [0.717, 1.165) is 19.3 Å². The van der Waals surface area contributed by atoms with Crippen LogP contribution in [0.4, 0.5) is 0 Å². The van der Waals surface area contributed by atoms with Gasteiger partial charge in [-0.15, -0.1) is 0 Å². The van der Waals surface area contributed by atoms with Crippen LogP contribution in [0.25, 0.3) is 0 Å². The normalized spacial score (nSPS) is 13.4. The topological polar surface area (TPSA) is 72.7 Å². The zero-order chi connectivity index (χ0) is 12.4. The number of carboxylic acids is 1. The average molecular weight is 249 g/mol. The summed E-state index contributed by atoms with van der Waals surface area (Å²) in [6, 6.07) is -0.416. The van der Waals surface area contributed by atoms with Gasteiger partial charge in [-0.2, -0.15) is 0 Å². The zero-order valence-electron chi connectivity index (χ0n) is 11.0. The maximum atomic E-state index is 11.3. The van der Waals surface area contributed by atoms with Crippen LogP contribution < -0.4 is 34.7 Å². The summed E-state index contributed by atoms with van der Waals surface area (Å²) in [5.74, 6) is -1.11. The van der Waals surface area contributed by atoms with Gasteiger partial charge in [-0.1, -0.05) is 12.2 Å². The molecule has 0 aromatic heterocycles. The first kappa shape index (κ1) is 19.0. The average Bonchev–Trinajstić information content (AvgIpc) is 2.15. The fourth-order valence-corrected chi connectivity index (χ4v) is 1.31. The number of allylic oxidation sites excluding steroid dienone is 2. The molecule has 0 radical (unpaired) electrons. The number of hydrogen-bond donors (Lipinski definition) is 1. The third-order valence-electron chi connectivity index (χ3n) is 2.08. The van der Waals surface area contributed by atoms with Crippen LogP contribution in [0.3, 0.4) is 0 Å². The van der Waals surface area contributed by atoms with Gasteiger partial charge in [0, 0.05) is 0 Å². The largest absolute Gasteiger partial charge is 1.00 e. The predicted molar refractivity (Wildman–Crippen MR) is 62.4 cm³/mol. The first-order valence-electron chi connectivity index (χ1n) is 5.63. The van der Waals surface area contributed by atoms with E-state index in [1.807, 2.05) is 13.0 Å². The summed E-state index contributed by atoms with van der Waals surface area (Å²) in [4.78, 5) is 14.1. The molecule has 92 valence electrons. The van der Waals surface area contributed by atoms with Crippen molar-refractivity contribution in [1.29, 1.82) is 0 Å². The minimum absolute atomic E-state index is 0. The maximum Gasteiger partial charge on any atom is 1.00 e. The Morgan fingerprint density at radius 3 is 2.65 bits per heavy atom. The number of carboxylic acid groups (broad SMARTS) is 1. The third-order valence-corrected chi connectivity index (χ3v) is 2.08. The smallest absolute Gasteiger partial charge is 0.862 e. The summed E-state index contributed by atoms with van der Waals surface area (Å²) in [6.07, 6.45) is 7.15. The number of rotatable bonds is 8. The quantitative estimate of drug-likeness (QED) is 0.192. The Labute approximate surface area is 125 Å². The Morgan fingerprint density at radius 2 is 2.12 bits per heavy atom. The Morgan fingerprint density at radius 1 is 1.47 bits per heavy atom. The van der Waals surface area contributed by atoms with Gasteiger partial charge in [0.15, 0.2) is 0 Å². The van der Waals surface area contributed by atoms with Crippen LogP contribution in [-0.4, -0.2) is 23.0 Å². The van der Waals surface area contributed by atoms with Crippen LogP contribution in [0, 0.1) is 0 Å². The number of aliphatic imine (C=N–C) groups is 1. The van der Waals surface area contributed by atoms with E-state index in [1.165, 1.54) is 0 Å². The van der Waals surface area contributed by atoms with Gasteiger partial charge in [0.25, 0.3) is 0 Å². The molecule has 0 amide bonds. The van der Waals surface area contributed by atoms with Crippen molar-refractivity contribution in [2.75, 3.05) is 0 Å². The van der Waals surface area contributed by atoms with Crippen LogP contribution in [0.5, 0.6) is 0 Å². The molecule has 4 nitrogen and oxygen atoms in total. The number of carbonyl (C=O) groups is 1. The molecule has 0 aromatic carbocycles. The van der Waals surface area contributed by atoms with Crippen LogP contribution in [-0.2, 0) is 4.79 Å². The second kappa shape index (κ2) is 12.1. The van der Waals surface area contributed by atoms with Crippen molar-refractivity contribution >= 4 is 11.9 Å². The van der Waals surface area contributed by atoms with Crippen molar-refractivity contribution in [3.63, 3.8) is 0 Å². The van der Waals surface area contributed by atoms with Gasteiger partial charge in [-0.3, -0.25) is 4.79 Å². The minimum Gasteiger partial charge on any atom is -0.862 e. The molecule has 0 rings (SSSR count). The minimum atomic E-state index is -0.919. The van der Waals surface area contributed by atoms with Crippen molar-refractivity contribution in [2.45, 2.75) is 52.0 Å². The monoisotopic (exact) mass is 249 g/mol. The van der Waals surface area contributed by atoms with Crippen LogP contribution in [0.2, 0.25) is 0 Å². The molecule has 0 saturated heterocycles. The number of aliphatic carboxylic acids is 1. The first-order chi connectivity index (χ1) is 7.56. The molecule has 0 fully saturated rings. The van der Waals surface area contributed by atoms with Gasteiger partial charge in [-0.25, -0.2) is 0 Å². The van der Waals surface area contributed by atoms with Gasteiger partial charge in [-0.05, 0) is 45.4 Å². The molecule has 1 N–H and O–H groups in total. The molecule has 0 aromatic rings. The van der Waals surface area contributed by atoms with Crippen molar-refractivity contribution in [3.05, 3.63) is 12.2 Å². The van der Waals surface area contributed by atoms with E-state index >= 15 is 0 Å². The van der Waals surface area contributed by atoms with Crippen molar-refractivity contribution in [2.24, 2.45) is 4.99 Å². The summed E-state index contributed by atoms with van der Waals surface area (Å²) >= 11 is 0. The van der Waals surface area contributed by atoms with Crippen molar-refractivity contribution in [3.8, 4) is 0 Å². The molecule has 1 unspecified atom stereocenters. The number of hydrogen-bond acceptors (Lipinski definition) is 3. The molecule has 0 heterocycles. The molecule has 0 aliphatic heterocycles. The number of unbranched alkanes of at least 4 members (excludes halogenated alkanes) is 2. The van der Waals surface area contributed by atoms with Gasteiger partial charge in [0.1, 0.15) is 0 Å². The maximum absolute atomic E-state index is 11.3.